The van der Waals surface area contributed by atoms with Gasteiger partial charge in [0.1, 0.15) is 17.2 Å². The Hall–Kier alpha value is -3.67. The van der Waals surface area contributed by atoms with E-state index in [1.165, 1.54) is 7.11 Å². The van der Waals surface area contributed by atoms with Gasteiger partial charge in [-0.2, -0.15) is 0 Å². The van der Waals surface area contributed by atoms with E-state index in [4.69, 9.17) is 18.9 Å². The number of morpholine rings is 1. The zero-order valence-electron chi connectivity index (χ0n) is 24.8. The van der Waals surface area contributed by atoms with Crippen LogP contribution >= 0.6 is 0 Å². The standard InChI is InChI=1S/C32H42N4O7/c1-40-26-18-24-19-27(20-26)43-25-6-2-5-23(17-25)22-42-29-9-12-36(31(38)8-4-11-35-13-15-41-16-14-35)21-28(29)34-30(37)7-3-10-33-32(24)39/h2,5-6,17-20,28-29H,3-4,7-16,21-22H2,1H3,(H,33,39)(H,34,37)/t28-,29-/m0/s1. The fourth-order valence-corrected chi connectivity index (χ4v) is 5.68. The molecule has 3 heterocycles. The van der Waals surface area contributed by atoms with Crippen LogP contribution in [0.4, 0.5) is 0 Å². The minimum atomic E-state index is -0.329. The number of amides is 3. The molecule has 0 aromatic heterocycles. The highest BCUT2D eigenvalue weighted by Crippen LogP contribution is 2.29. The van der Waals surface area contributed by atoms with Gasteiger partial charge in [0, 0.05) is 57.2 Å². The number of nitrogens with zero attached hydrogens (tertiary/aromatic N) is 2. The maximum absolute atomic E-state index is 13.1. The fourth-order valence-electron chi connectivity index (χ4n) is 5.68. The summed E-state index contributed by atoms with van der Waals surface area (Å²) in [5.74, 6) is 1.28. The first-order chi connectivity index (χ1) is 21.0. The molecule has 2 aromatic carbocycles. The van der Waals surface area contributed by atoms with E-state index in [0.29, 0.717) is 68.3 Å². The number of fused-ring (bicyclic) bond motifs is 5. The molecular formula is C32H42N4O7. The molecule has 3 amide bonds. The monoisotopic (exact) mass is 594 g/mol. The van der Waals surface area contributed by atoms with Gasteiger partial charge in [0.15, 0.2) is 0 Å². The lowest BCUT2D eigenvalue weighted by molar-refractivity contribution is -0.137. The highest BCUT2D eigenvalue weighted by atomic mass is 16.5. The predicted molar refractivity (Wildman–Crippen MR) is 159 cm³/mol. The first-order valence-electron chi connectivity index (χ1n) is 15.2. The molecule has 2 fully saturated rings. The second kappa shape index (κ2) is 15.2. The summed E-state index contributed by atoms with van der Waals surface area (Å²) >= 11 is 0. The lowest BCUT2D eigenvalue weighted by Gasteiger charge is -2.39. The number of methoxy groups -OCH3 is 1. The van der Waals surface area contributed by atoms with Crippen LogP contribution in [0.25, 0.3) is 0 Å². The maximum atomic E-state index is 13.1. The van der Waals surface area contributed by atoms with Crippen molar-refractivity contribution in [1.82, 2.24) is 20.4 Å². The summed E-state index contributed by atoms with van der Waals surface area (Å²) in [7, 11) is 1.54. The van der Waals surface area contributed by atoms with Gasteiger partial charge in [-0.15, -0.1) is 0 Å². The minimum absolute atomic E-state index is 0.104. The van der Waals surface area contributed by atoms with E-state index < -0.39 is 0 Å². The van der Waals surface area contributed by atoms with Crippen molar-refractivity contribution in [2.45, 2.75) is 50.9 Å². The van der Waals surface area contributed by atoms with E-state index in [-0.39, 0.29) is 36.3 Å². The van der Waals surface area contributed by atoms with Gasteiger partial charge in [0.05, 0.1) is 39.1 Å². The number of ether oxygens (including phenoxy) is 4. The SMILES string of the molecule is COc1cc2cc(c1)C(=O)NCCCC(=O)N[C@H]1CN(C(=O)CCCN3CCOCC3)CC[C@@H]1OCc1cccc(c1)O2. The summed E-state index contributed by atoms with van der Waals surface area (Å²) in [5, 5.41) is 6.00. The third kappa shape index (κ3) is 8.92. The van der Waals surface area contributed by atoms with Crippen molar-refractivity contribution in [3.05, 3.63) is 53.6 Å². The molecule has 3 aliphatic rings. The van der Waals surface area contributed by atoms with E-state index in [2.05, 4.69) is 15.5 Å². The average molecular weight is 595 g/mol. The van der Waals surface area contributed by atoms with Crippen LogP contribution in [-0.4, -0.2) is 99.3 Å². The smallest absolute Gasteiger partial charge is 0.251 e. The summed E-state index contributed by atoms with van der Waals surface area (Å²) in [4.78, 5) is 43.1. The quantitative estimate of drug-likeness (QED) is 0.543. The summed E-state index contributed by atoms with van der Waals surface area (Å²) in [6.07, 6.45) is 2.37. The van der Waals surface area contributed by atoms with Crippen LogP contribution in [0.15, 0.2) is 42.5 Å². The van der Waals surface area contributed by atoms with Gasteiger partial charge in [-0.3, -0.25) is 19.3 Å². The average Bonchev–Trinajstić information content (AvgIpc) is 3.02. The number of piperidine rings is 1. The number of nitrogens with one attached hydrogen (secondary N) is 2. The van der Waals surface area contributed by atoms with Crippen LogP contribution < -0.4 is 20.1 Å². The van der Waals surface area contributed by atoms with Crippen LogP contribution in [0.2, 0.25) is 0 Å². The van der Waals surface area contributed by atoms with Gasteiger partial charge < -0.3 is 34.5 Å². The second-order valence-corrected chi connectivity index (χ2v) is 11.2. The van der Waals surface area contributed by atoms with Crippen molar-refractivity contribution < 1.29 is 33.3 Å². The Bertz CT molecular complexity index is 1270. The summed E-state index contributed by atoms with van der Waals surface area (Å²) < 4.78 is 23.2. The molecular weight excluding hydrogens is 552 g/mol. The first kappa shape index (κ1) is 30.8. The number of likely N-dealkylation sites (tertiary alicyclic amines) is 1. The molecule has 11 nitrogen and oxygen atoms in total. The van der Waals surface area contributed by atoms with E-state index in [9.17, 15) is 14.4 Å². The topological polar surface area (TPSA) is 119 Å². The lowest BCUT2D eigenvalue weighted by Crippen LogP contribution is -2.57. The molecule has 0 radical (unpaired) electrons. The third-order valence-electron chi connectivity index (χ3n) is 8.06. The van der Waals surface area contributed by atoms with Crippen molar-refractivity contribution in [3.63, 3.8) is 0 Å². The number of benzene rings is 2. The molecule has 0 unspecified atom stereocenters. The first-order valence-corrected chi connectivity index (χ1v) is 15.2. The minimum Gasteiger partial charge on any atom is -0.497 e. The number of hydrogen-bond donors (Lipinski definition) is 2. The molecule has 2 aromatic rings. The largest absolute Gasteiger partial charge is 0.497 e. The van der Waals surface area contributed by atoms with Crippen LogP contribution in [0, 0.1) is 0 Å². The van der Waals surface area contributed by atoms with Crippen LogP contribution in [0.1, 0.15) is 48.0 Å². The van der Waals surface area contributed by atoms with E-state index >= 15 is 0 Å². The Morgan fingerprint density at radius 2 is 1.93 bits per heavy atom. The maximum Gasteiger partial charge on any atom is 0.251 e. The molecule has 5 rings (SSSR count). The molecule has 0 spiro atoms. The Labute approximate surface area is 252 Å². The Kier molecular flexibility index (Phi) is 10.9. The molecule has 2 N–H and O–H groups in total. The predicted octanol–water partition coefficient (Wildman–Crippen LogP) is 2.73. The molecule has 0 saturated carbocycles. The molecule has 0 aliphatic carbocycles. The highest BCUT2D eigenvalue weighted by Gasteiger charge is 2.33. The van der Waals surface area contributed by atoms with Crippen molar-refractivity contribution in [3.8, 4) is 17.2 Å². The van der Waals surface area contributed by atoms with Gasteiger partial charge >= 0.3 is 0 Å². The third-order valence-corrected chi connectivity index (χ3v) is 8.06. The lowest BCUT2D eigenvalue weighted by atomic mass is 10.0. The Morgan fingerprint density at radius 1 is 1.07 bits per heavy atom. The zero-order chi connectivity index (χ0) is 30.0. The van der Waals surface area contributed by atoms with Gasteiger partial charge in [-0.1, -0.05) is 12.1 Å². The molecule has 2 saturated heterocycles. The highest BCUT2D eigenvalue weighted by molar-refractivity contribution is 5.95. The molecule has 232 valence electrons. The van der Waals surface area contributed by atoms with Crippen molar-refractivity contribution in [1.29, 1.82) is 0 Å². The van der Waals surface area contributed by atoms with Gasteiger partial charge in [-0.05, 0) is 55.6 Å². The number of carbonyl (C=O) groups excluding carboxylic acids is 3. The molecule has 4 bridgehead atoms. The fraction of sp³-hybridized carbons (Fsp3) is 0.531. The van der Waals surface area contributed by atoms with Crippen molar-refractivity contribution in [2.75, 3.05) is 59.6 Å². The number of hydrogen-bond acceptors (Lipinski definition) is 8. The van der Waals surface area contributed by atoms with Crippen LogP contribution in [0.3, 0.4) is 0 Å². The second-order valence-electron chi connectivity index (χ2n) is 11.2. The molecule has 43 heavy (non-hydrogen) atoms. The van der Waals surface area contributed by atoms with Crippen LogP contribution in [0.5, 0.6) is 17.2 Å². The van der Waals surface area contributed by atoms with E-state index in [0.717, 1.165) is 44.8 Å². The van der Waals surface area contributed by atoms with Crippen molar-refractivity contribution >= 4 is 17.7 Å². The van der Waals surface area contributed by atoms with Gasteiger partial charge in [0.25, 0.3) is 5.91 Å². The molecule has 11 heteroatoms. The van der Waals surface area contributed by atoms with E-state index in [1.54, 1.807) is 18.2 Å². The van der Waals surface area contributed by atoms with Gasteiger partial charge in [-0.25, -0.2) is 0 Å². The van der Waals surface area contributed by atoms with Crippen molar-refractivity contribution in [2.24, 2.45) is 0 Å². The number of carbonyl (C=O) groups is 3. The number of rotatable bonds is 5. The Morgan fingerprint density at radius 3 is 2.77 bits per heavy atom. The summed E-state index contributed by atoms with van der Waals surface area (Å²) in [6.45, 7) is 5.84. The molecule has 3 aliphatic heterocycles. The van der Waals surface area contributed by atoms with Crippen LogP contribution in [-0.2, 0) is 25.7 Å². The van der Waals surface area contributed by atoms with Gasteiger partial charge in [0.2, 0.25) is 11.8 Å². The summed E-state index contributed by atoms with van der Waals surface area (Å²) in [6, 6.07) is 12.3. The molecule has 2 atom stereocenters. The normalized spacial score (nSPS) is 22.2. The Balaban J connectivity index is 1.26. The summed E-state index contributed by atoms with van der Waals surface area (Å²) in [5.41, 5.74) is 1.31. The zero-order valence-corrected chi connectivity index (χ0v) is 24.8. The van der Waals surface area contributed by atoms with E-state index in [1.807, 2.05) is 29.2 Å².